The van der Waals surface area contributed by atoms with Gasteiger partial charge in [0.15, 0.2) is 5.69 Å². The number of hydrogen-bond donors (Lipinski definition) is 0. The average molecular weight is 392 g/mol. The van der Waals surface area contributed by atoms with Gasteiger partial charge in [0.2, 0.25) is 5.90 Å². The van der Waals surface area contributed by atoms with Crippen molar-refractivity contribution in [1.29, 1.82) is 0 Å². The van der Waals surface area contributed by atoms with Gasteiger partial charge < -0.3 is 9.47 Å². The Morgan fingerprint density at radius 1 is 1.31 bits per heavy atom. The van der Waals surface area contributed by atoms with Crippen molar-refractivity contribution in [3.05, 3.63) is 52.9 Å². The monoisotopic (exact) mass is 392 g/mol. The normalized spacial score (nSPS) is 16.9. The molecule has 1 aromatic carbocycles. The predicted molar refractivity (Wildman–Crippen MR) is 104 cm³/mol. The summed E-state index contributed by atoms with van der Waals surface area (Å²) in [4.78, 5) is 21.6. The van der Waals surface area contributed by atoms with Crippen molar-refractivity contribution in [2.45, 2.75) is 33.2 Å². The Morgan fingerprint density at radius 2 is 2.17 bits per heavy atom. The number of imidazole rings is 1. The van der Waals surface area contributed by atoms with Crippen molar-refractivity contribution in [2.24, 2.45) is 4.99 Å². The molecule has 5 rings (SSSR count). The first kappa shape index (κ1) is 17.6. The highest BCUT2D eigenvalue weighted by Crippen LogP contribution is 2.31. The molecule has 9 heteroatoms. The Balaban J connectivity index is 1.75. The molecule has 29 heavy (non-hydrogen) atoms. The van der Waals surface area contributed by atoms with Crippen LogP contribution in [0.15, 0.2) is 29.5 Å². The molecule has 4 heterocycles. The van der Waals surface area contributed by atoms with E-state index in [1.165, 1.54) is 0 Å². The van der Waals surface area contributed by atoms with Crippen LogP contribution in [-0.2, 0) is 15.9 Å². The number of aryl methyl sites for hydroxylation is 1. The topological polar surface area (TPSA) is 96.4 Å². The Hall–Kier alpha value is -3.49. The lowest BCUT2D eigenvalue weighted by Crippen LogP contribution is -2.12. The van der Waals surface area contributed by atoms with Crippen LogP contribution < -0.4 is 0 Å². The van der Waals surface area contributed by atoms with E-state index in [2.05, 4.69) is 20.3 Å². The fourth-order valence-corrected chi connectivity index (χ4v) is 3.71. The standard InChI is InChI=1S/C20H20N6O3/c1-4-28-20(27)18-16-8-15-17(19-22-12(3)9-29-19)21-10-25(15)13-6-5-11(2)7-14(13)26(16)24-23-18/h5-7,10,12H,4,8-9H2,1-3H3/t12-/m0/s1. The number of benzene rings is 1. The first-order valence-corrected chi connectivity index (χ1v) is 9.57. The molecule has 2 aliphatic rings. The number of fused-ring (bicyclic) bond motifs is 5. The zero-order valence-corrected chi connectivity index (χ0v) is 16.4. The van der Waals surface area contributed by atoms with Gasteiger partial charge in [-0.2, -0.15) is 0 Å². The molecule has 148 valence electrons. The van der Waals surface area contributed by atoms with Crippen molar-refractivity contribution >= 4 is 11.9 Å². The van der Waals surface area contributed by atoms with Crippen molar-refractivity contribution < 1.29 is 14.3 Å². The second-order valence-corrected chi connectivity index (χ2v) is 7.19. The lowest BCUT2D eigenvalue weighted by molar-refractivity contribution is 0.0518. The summed E-state index contributed by atoms with van der Waals surface area (Å²) in [5, 5.41) is 8.41. The van der Waals surface area contributed by atoms with Gasteiger partial charge in [-0.1, -0.05) is 11.3 Å². The molecule has 0 fully saturated rings. The van der Waals surface area contributed by atoms with Crippen molar-refractivity contribution in [3.63, 3.8) is 0 Å². The average Bonchev–Trinajstić information content (AvgIpc) is 3.39. The molecule has 9 nitrogen and oxygen atoms in total. The maximum Gasteiger partial charge on any atom is 0.360 e. The van der Waals surface area contributed by atoms with Crippen LogP contribution >= 0.6 is 0 Å². The Morgan fingerprint density at radius 3 is 2.93 bits per heavy atom. The van der Waals surface area contributed by atoms with Gasteiger partial charge in [0.1, 0.15) is 18.6 Å². The van der Waals surface area contributed by atoms with Gasteiger partial charge in [0.05, 0.1) is 35.4 Å². The largest absolute Gasteiger partial charge is 0.474 e. The molecule has 0 spiro atoms. The second kappa shape index (κ2) is 6.54. The fourth-order valence-electron chi connectivity index (χ4n) is 3.71. The second-order valence-electron chi connectivity index (χ2n) is 7.19. The highest BCUT2D eigenvalue weighted by atomic mass is 16.5. The third kappa shape index (κ3) is 2.72. The molecule has 2 aromatic heterocycles. The lowest BCUT2D eigenvalue weighted by atomic mass is 10.1. The molecular weight excluding hydrogens is 372 g/mol. The number of nitrogens with zero attached hydrogens (tertiary/aromatic N) is 6. The van der Waals surface area contributed by atoms with Crippen LogP contribution in [0.25, 0.3) is 11.4 Å². The van der Waals surface area contributed by atoms with E-state index in [1.807, 2.05) is 36.6 Å². The van der Waals surface area contributed by atoms with E-state index in [4.69, 9.17) is 9.47 Å². The number of carbonyl (C=O) groups is 1. The van der Waals surface area contributed by atoms with Crippen LogP contribution in [0, 0.1) is 6.92 Å². The van der Waals surface area contributed by atoms with E-state index in [9.17, 15) is 4.79 Å². The van der Waals surface area contributed by atoms with Crippen molar-refractivity contribution in [2.75, 3.05) is 13.2 Å². The van der Waals surface area contributed by atoms with Gasteiger partial charge in [-0.25, -0.2) is 19.5 Å². The van der Waals surface area contributed by atoms with Crippen LogP contribution in [0.1, 0.15) is 47.0 Å². The summed E-state index contributed by atoms with van der Waals surface area (Å²) in [6.07, 6.45) is 2.15. The molecular formula is C20H20N6O3. The van der Waals surface area contributed by atoms with E-state index in [0.29, 0.717) is 30.3 Å². The summed E-state index contributed by atoms with van der Waals surface area (Å²) >= 11 is 0. The van der Waals surface area contributed by atoms with Crippen LogP contribution in [0.5, 0.6) is 0 Å². The Kier molecular flexibility index (Phi) is 3.97. The zero-order valence-electron chi connectivity index (χ0n) is 16.4. The third-order valence-electron chi connectivity index (χ3n) is 5.05. The molecule has 0 N–H and O–H groups in total. The minimum Gasteiger partial charge on any atom is -0.474 e. The highest BCUT2D eigenvalue weighted by molar-refractivity contribution is 5.95. The van der Waals surface area contributed by atoms with E-state index >= 15 is 0 Å². The van der Waals surface area contributed by atoms with Gasteiger partial charge in [0, 0.05) is 6.42 Å². The van der Waals surface area contributed by atoms with E-state index in [-0.39, 0.29) is 18.3 Å². The summed E-state index contributed by atoms with van der Waals surface area (Å²) in [7, 11) is 0. The molecule has 2 aliphatic heterocycles. The third-order valence-corrected chi connectivity index (χ3v) is 5.05. The number of hydrogen-bond acceptors (Lipinski definition) is 7. The van der Waals surface area contributed by atoms with Gasteiger partial charge in [-0.15, -0.1) is 5.10 Å². The molecule has 0 amide bonds. The summed E-state index contributed by atoms with van der Waals surface area (Å²) in [5.74, 6) is 0.0408. The van der Waals surface area contributed by atoms with Crippen LogP contribution in [0.4, 0.5) is 0 Å². The molecule has 0 unspecified atom stereocenters. The number of carbonyl (C=O) groups excluding carboxylic acids is 1. The number of ether oxygens (including phenoxy) is 2. The molecule has 1 atom stereocenters. The molecule has 0 bridgehead atoms. The minimum absolute atomic E-state index is 0.0883. The van der Waals surface area contributed by atoms with E-state index in [1.54, 1.807) is 17.9 Å². The Bertz CT molecular complexity index is 1160. The summed E-state index contributed by atoms with van der Waals surface area (Å²) in [6, 6.07) is 6.15. The molecule has 0 saturated heterocycles. The van der Waals surface area contributed by atoms with Crippen LogP contribution in [0.2, 0.25) is 0 Å². The minimum atomic E-state index is -0.486. The maximum atomic E-state index is 12.5. The smallest absolute Gasteiger partial charge is 0.360 e. The molecule has 3 aromatic rings. The number of aliphatic imine (C=N–C) groups is 1. The quantitative estimate of drug-likeness (QED) is 0.495. The van der Waals surface area contributed by atoms with Gasteiger partial charge in [0.25, 0.3) is 0 Å². The van der Waals surface area contributed by atoms with Gasteiger partial charge in [-0.3, -0.25) is 4.57 Å². The molecule has 0 aliphatic carbocycles. The lowest BCUT2D eigenvalue weighted by Gasteiger charge is -2.10. The van der Waals surface area contributed by atoms with E-state index in [0.717, 1.165) is 22.6 Å². The molecule has 0 saturated carbocycles. The zero-order chi connectivity index (χ0) is 20.1. The van der Waals surface area contributed by atoms with Crippen molar-refractivity contribution in [3.8, 4) is 11.4 Å². The van der Waals surface area contributed by atoms with Crippen LogP contribution in [-0.4, -0.2) is 55.7 Å². The maximum absolute atomic E-state index is 12.5. The van der Waals surface area contributed by atoms with Crippen molar-refractivity contribution in [1.82, 2.24) is 24.5 Å². The number of rotatable bonds is 3. The van der Waals surface area contributed by atoms with E-state index < -0.39 is 5.97 Å². The molecule has 0 radical (unpaired) electrons. The first-order chi connectivity index (χ1) is 14.1. The van der Waals surface area contributed by atoms with Gasteiger partial charge in [-0.05, 0) is 38.5 Å². The Labute approximate surface area is 167 Å². The summed E-state index contributed by atoms with van der Waals surface area (Å²) in [5.41, 5.74) is 5.21. The highest BCUT2D eigenvalue weighted by Gasteiger charge is 2.31. The number of aromatic nitrogens is 5. The summed E-state index contributed by atoms with van der Waals surface area (Å²) in [6.45, 7) is 6.58. The first-order valence-electron chi connectivity index (χ1n) is 9.57. The summed E-state index contributed by atoms with van der Waals surface area (Å²) < 4.78 is 14.7. The fraction of sp³-hybridized carbons (Fsp3) is 0.350. The number of esters is 1. The van der Waals surface area contributed by atoms with Crippen LogP contribution in [0.3, 0.4) is 0 Å². The SMILES string of the molecule is CCOC(=O)c1nnn2c1Cc1c(C3=N[C@@H](C)CO3)ncn1-c1ccc(C)cc1-2. The predicted octanol–water partition coefficient (Wildman–Crippen LogP) is 2.01. The van der Waals surface area contributed by atoms with Gasteiger partial charge >= 0.3 is 5.97 Å².